The molecular formula is C8H5FN4O2. The van der Waals surface area contributed by atoms with Crippen LogP contribution in [0.5, 0.6) is 0 Å². The van der Waals surface area contributed by atoms with Crippen molar-refractivity contribution in [3.05, 3.63) is 40.5 Å². The SMILES string of the molecule is O=[N+]([O-])c1cc(F)ccc1-c1ncn[nH]1. The lowest BCUT2D eigenvalue weighted by Gasteiger charge is -1.98. The standard InChI is InChI=1S/C8H5FN4O2/c9-5-1-2-6(7(3-5)13(14)15)8-10-4-11-12-8/h1-4H,(H,10,11,12). The predicted molar refractivity (Wildman–Crippen MR) is 48.4 cm³/mol. The summed E-state index contributed by atoms with van der Waals surface area (Å²) >= 11 is 0. The van der Waals surface area contributed by atoms with Crippen LogP contribution in [0.4, 0.5) is 10.1 Å². The van der Waals surface area contributed by atoms with Crippen LogP contribution in [0.2, 0.25) is 0 Å². The summed E-state index contributed by atoms with van der Waals surface area (Å²) in [6.45, 7) is 0. The van der Waals surface area contributed by atoms with E-state index in [0.717, 1.165) is 12.1 Å². The number of nitro benzene ring substituents is 1. The molecule has 0 radical (unpaired) electrons. The van der Waals surface area contributed by atoms with Crippen molar-refractivity contribution in [3.8, 4) is 11.4 Å². The summed E-state index contributed by atoms with van der Waals surface area (Å²) in [6, 6.07) is 3.26. The maximum absolute atomic E-state index is 12.8. The molecule has 1 aromatic carbocycles. The molecule has 7 heteroatoms. The van der Waals surface area contributed by atoms with Crippen molar-refractivity contribution in [2.45, 2.75) is 0 Å². The van der Waals surface area contributed by atoms with Crippen LogP contribution in [0.15, 0.2) is 24.5 Å². The smallest absolute Gasteiger partial charge is 0.259 e. The van der Waals surface area contributed by atoms with Gasteiger partial charge in [-0.3, -0.25) is 15.2 Å². The fourth-order valence-electron chi connectivity index (χ4n) is 1.19. The van der Waals surface area contributed by atoms with E-state index in [2.05, 4.69) is 15.2 Å². The monoisotopic (exact) mass is 208 g/mol. The first-order valence-corrected chi connectivity index (χ1v) is 3.98. The molecule has 0 fully saturated rings. The highest BCUT2D eigenvalue weighted by atomic mass is 19.1. The van der Waals surface area contributed by atoms with Crippen LogP contribution >= 0.6 is 0 Å². The number of nitro groups is 1. The number of nitrogens with zero attached hydrogens (tertiary/aromatic N) is 3. The van der Waals surface area contributed by atoms with Crippen molar-refractivity contribution in [1.29, 1.82) is 0 Å². The van der Waals surface area contributed by atoms with Crippen molar-refractivity contribution in [2.24, 2.45) is 0 Å². The van der Waals surface area contributed by atoms with Gasteiger partial charge in [0, 0.05) is 0 Å². The van der Waals surface area contributed by atoms with Crippen LogP contribution < -0.4 is 0 Å². The van der Waals surface area contributed by atoms with Gasteiger partial charge in [0.15, 0.2) is 5.82 Å². The number of aromatic amines is 1. The van der Waals surface area contributed by atoms with Crippen LogP contribution in [0.3, 0.4) is 0 Å². The molecule has 6 nitrogen and oxygen atoms in total. The second kappa shape index (κ2) is 3.45. The number of H-pyrrole nitrogens is 1. The Balaban J connectivity index is 2.61. The molecule has 0 saturated heterocycles. The molecule has 1 N–H and O–H groups in total. The van der Waals surface area contributed by atoms with Gasteiger partial charge in [-0.15, -0.1) is 0 Å². The zero-order chi connectivity index (χ0) is 10.8. The number of aromatic nitrogens is 3. The molecule has 0 spiro atoms. The first-order valence-electron chi connectivity index (χ1n) is 3.98. The Kier molecular flexibility index (Phi) is 2.13. The van der Waals surface area contributed by atoms with Gasteiger partial charge in [-0.1, -0.05) is 0 Å². The van der Waals surface area contributed by atoms with Crippen molar-refractivity contribution in [1.82, 2.24) is 15.2 Å². The summed E-state index contributed by atoms with van der Waals surface area (Å²) in [5.74, 6) is -0.424. The number of nitrogens with one attached hydrogen (secondary N) is 1. The minimum absolute atomic E-state index is 0.207. The van der Waals surface area contributed by atoms with Gasteiger partial charge in [-0.25, -0.2) is 9.37 Å². The van der Waals surface area contributed by atoms with Gasteiger partial charge in [-0.05, 0) is 12.1 Å². The van der Waals surface area contributed by atoms with E-state index in [0.29, 0.717) is 0 Å². The van der Waals surface area contributed by atoms with Gasteiger partial charge in [0.25, 0.3) is 5.69 Å². The lowest BCUT2D eigenvalue weighted by molar-refractivity contribution is -0.384. The Morgan fingerprint density at radius 2 is 2.27 bits per heavy atom. The van der Waals surface area contributed by atoms with E-state index in [1.807, 2.05) is 0 Å². The summed E-state index contributed by atoms with van der Waals surface area (Å²) < 4.78 is 12.8. The number of rotatable bonds is 2. The van der Waals surface area contributed by atoms with Crippen molar-refractivity contribution in [2.75, 3.05) is 0 Å². The zero-order valence-corrected chi connectivity index (χ0v) is 7.35. The molecule has 0 aliphatic rings. The van der Waals surface area contributed by atoms with Crippen LogP contribution in [0.25, 0.3) is 11.4 Å². The Morgan fingerprint density at radius 1 is 1.47 bits per heavy atom. The minimum atomic E-state index is -0.666. The highest BCUT2D eigenvalue weighted by Gasteiger charge is 2.17. The van der Waals surface area contributed by atoms with Gasteiger partial charge in [0.2, 0.25) is 0 Å². The largest absolute Gasteiger partial charge is 0.283 e. The first-order chi connectivity index (χ1) is 7.18. The maximum atomic E-state index is 12.8. The zero-order valence-electron chi connectivity index (χ0n) is 7.35. The van der Waals surface area contributed by atoms with E-state index in [1.54, 1.807) is 0 Å². The first kappa shape index (κ1) is 9.25. The number of halogens is 1. The Bertz CT molecular complexity index is 497. The Hall–Kier alpha value is -2.31. The quantitative estimate of drug-likeness (QED) is 0.598. The molecule has 15 heavy (non-hydrogen) atoms. The summed E-state index contributed by atoms with van der Waals surface area (Å²) in [7, 11) is 0. The van der Waals surface area contributed by atoms with Crippen molar-refractivity contribution >= 4 is 5.69 Å². The third-order valence-corrected chi connectivity index (χ3v) is 1.83. The second-order valence-corrected chi connectivity index (χ2v) is 2.75. The van der Waals surface area contributed by atoms with Gasteiger partial charge in [0.1, 0.15) is 12.1 Å². The highest BCUT2D eigenvalue weighted by Crippen LogP contribution is 2.27. The number of benzene rings is 1. The van der Waals surface area contributed by atoms with Crippen LogP contribution in [-0.2, 0) is 0 Å². The maximum Gasteiger partial charge on any atom is 0.283 e. The molecule has 0 atom stereocenters. The van der Waals surface area contributed by atoms with E-state index in [9.17, 15) is 14.5 Å². The number of hydrogen-bond acceptors (Lipinski definition) is 4. The molecule has 2 rings (SSSR count). The molecule has 2 aromatic rings. The molecular weight excluding hydrogens is 203 g/mol. The fraction of sp³-hybridized carbons (Fsp3) is 0. The molecule has 0 unspecified atom stereocenters. The van der Waals surface area contributed by atoms with E-state index >= 15 is 0 Å². The molecule has 0 aliphatic carbocycles. The Labute approximate surface area is 82.9 Å². The molecule has 0 amide bonds. The molecule has 0 saturated carbocycles. The average Bonchev–Trinajstić information content (AvgIpc) is 2.70. The Morgan fingerprint density at radius 3 is 2.87 bits per heavy atom. The normalized spacial score (nSPS) is 10.2. The lowest BCUT2D eigenvalue weighted by atomic mass is 10.1. The molecule has 1 aromatic heterocycles. The van der Waals surface area contributed by atoms with Gasteiger partial charge in [-0.2, -0.15) is 5.10 Å². The number of hydrogen-bond donors (Lipinski definition) is 1. The van der Waals surface area contributed by atoms with Gasteiger partial charge >= 0.3 is 0 Å². The van der Waals surface area contributed by atoms with Crippen LogP contribution in [0, 0.1) is 15.9 Å². The third kappa shape index (κ3) is 1.66. The molecule has 1 heterocycles. The predicted octanol–water partition coefficient (Wildman–Crippen LogP) is 1.52. The fourth-order valence-corrected chi connectivity index (χ4v) is 1.19. The van der Waals surface area contributed by atoms with Crippen LogP contribution in [0.1, 0.15) is 0 Å². The lowest BCUT2D eigenvalue weighted by Crippen LogP contribution is -1.94. The van der Waals surface area contributed by atoms with Crippen molar-refractivity contribution < 1.29 is 9.31 Å². The van der Waals surface area contributed by atoms with E-state index in [4.69, 9.17) is 0 Å². The van der Waals surface area contributed by atoms with Gasteiger partial charge in [0.05, 0.1) is 16.6 Å². The van der Waals surface area contributed by atoms with Crippen molar-refractivity contribution in [3.63, 3.8) is 0 Å². The molecule has 0 bridgehead atoms. The summed E-state index contributed by atoms with van der Waals surface area (Å²) in [5.41, 5.74) is -0.134. The molecule has 0 aliphatic heterocycles. The minimum Gasteiger partial charge on any atom is -0.259 e. The van der Waals surface area contributed by atoms with E-state index in [-0.39, 0.29) is 17.1 Å². The summed E-state index contributed by atoms with van der Waals surface area (Å²) in [6.07, 6.45) is 1.22. The summed E-state index contributed by atoms with van der Waals surface area (Å²) in [4.78, 5) is 13.7. The molecule has 76 valence electrons. The van der Waals surface area contributed by atoms with E-state index < -0.39 is 10.7 Å². The third-order valence-electron chi connectivity index (χ3n) is 1.83. The highest BCUT2D eigenvalue weighted by molar-refractivity contribution is 5.67. The van der Waals surface area contributed by atoms with Gasteiger partial charge < -0.3 is 0 Å². The second-order valence-electron chi connectivity index (χ2n) is 2.75. The van der Waals surface area contributed by atoms with E-state index in [1.165, 1.54) is 12.4 Å². The topological polar surface area (TPSA) is 84.7 Å². The summed E-state index contributed by atoms with van der Waals surface area (Å²) in [5, 5.41) is 16.7. The average molecular weight is 208 g/mol. The van der Waals surface area contributed by atoms with Crippen LogP contribution in [-0.4, -0.2) is 20.1 Å².